The molecule has 0 bridgehead atoms. The summed E-state index contributed by atoms with van der Waals surface area (Å²) in [5, 5.41) is 3.10. The first-order valence-corrected chi connectivity index (χ1v) is 7.14. The van der Waals surface area contributed by atoms with Gasteiger partial charge in [-0.2, -0.15) is 0 Å². The molecule has 0 saturated carbocycles. The third kappa shape index (κ3) is 3.84. The highest BCUT2D eigenvalue weighted by molar-refractivity contribution is 14.1. The van der Waals surface area contributed by atoms with Crippen molar-refractivity contribution in [2.75, 3.05) is 12.4 Å². The molecule has 0 aliphatic carbocycles. The summed E-state index contributed by atoms with van der Waals surface area (Å²) >= 11 is 2.24. The Bertz CT molecular complexity index is 621. The van der Waals surface area contributed by atoms with E-state index < -0.39 is 0 Å². The number of hydrogen-bond acceptors (Lipinski definition) is 3. The van der Waals surface area contributed by atoms with E-state index in [0.29, 0.717) is 5.56 Å². The van der Waals surface area contributed by atoms with Gasteiger partial charge in [-0.1, -0.05) is 12.1 Å². The van der Waals surface area contributed by atoms with Crippen LogP contribution < -0.4 is 10.1 Å². The number of allylic oxidation sites excluding steroid dienone is 1. The Morgan fingerprint density at radius 1 is 1.15 bits per heavy atom. The predicted molar refractivity (Wildman–Crippen MR) is 89.2 cm³/mol. The van der Waals surface area contributed by atoms with E-state index in [1.807, 2.05) is 24.3 Å². The van der Waals surface area contributed by atoms with E-state index in [9.17, 15) is 4.79 Å². The lowest BCUT2D eigenvalue weighted by atomic mass is 10.1. The zero-order chi connectivity index (χ0) is 14.4. The third-order valence-electron chi connectivity index (χ3n) is 2.72. The van der Waals surface area contributed by atoms with Crippen LogP contribution in [-0.2, 0) is 0 Å². The summed E-state index contributed by atoms with van der Waals surface area (Å²) < 4.78 is 6.16. The summed E-state index contributed by atoms with van der Waals surface area (Å²) in [5.41, 5.74) is 1.61. The average Bonchev–Trinajstić information content (AvgIpc) is 2.49. The molecule has 102 valence electrons. The topological polar surface area (TPSA) is 38.3 Å². The molecule has 3 nitrogen and oxygen atoms in total. The van der Waals surface area contributed by atoms with Crippen molar-refractivity contribution in [1.82, 2.24) is 0 Å². The number of carbonyl (C=O) groups excluding carboxylic acids is 1. The average molecular weight is 379 g/mol. The zero-order valence-corrected chi connectivity index (χ0v) is 13.1. The minimum Gasteiger partial charge on any atom is -0.497 e. The molecule has 0 unspecified atom stereocenters. The molecule has 0 radical (unpaired) electrons. The lowest BCUT2D eigenvalue weighted by molar-refractivity contribution is 0.104. The molecule has 0 heterocycles. The molecule has 2 rings (SSSR count). The molecule has 2 aromatic carbocycles. The van der Waals surface area contributed by atoms with Crippen molar-refractivity contribution in [2.45, 2.75) is 0 Å². The Hall–Kier alpha value is -1.82. The van der Waals surface area contributed by atoms with Crippen molar-refractivity contribution in [3.8, 4) is 5.75 Å². The fourth-order valence-corrected chi connectivity index (χ4v) is 2.18. The number of hydrogen-bond donors (Lipinski definition) is 1. The van der Waals surface area contributed by atoms with Crippen LogP contribution in [0.1, 0.15) is 10.4 Å². The van der Waals surface area contributed by atoms with Gasteiger partial charge in [-0.25, -0.2) is 0 Å². The number of para-hydroxylation sites is 1. The van der Waals surface area contributed by atoms with Gasteiger partial charge in [-0.3, -0.25) is 4.79 Å². The number of methoxy groups -OCH3 is 1. The van der Waals surface area contributed by atoms with Crippen LogP contribution in [0.15, 0.2) is 60.8 Å². The highest BCUT2D eigenvalue weighted by Gasteiger charge is 2.01. The van der Waals surface area contributed by atoms with E-state index in [2.05, 4.69) is 27.9 Å². The summed E-state index contributed by atoms with van der Waals surface area (Å²) in [6, 6.07) is 14.9. The Morgan fingerprint density at radius 2 is 1.85 bits per heavy atom. The van der Waals surface area contributed by atoms with Gasteiger partial charge in [0.2, 0.25) is 0 Å². The standard InChI is InChI=1S/C16H14INO2/c1-20-13-8-6-12(7-9-13)16(19)10-11-18-15-5-3-2-4-14(15)17/h2-11,18H,1H3. The molecule has 0 amide bonds. The number of anilines is 1. The second-order valence-electron chi connectivity index (χ2n) is 4.05. The third-order valence-corrected chi connectivity index (χ3v) is 3.66. The minimum atomic E-state index is -0.0499. The fourth-order valence-electron chi connectivity index (χ4n) is 1.64. The van der Waals surface area contributed by atoms with Gasteiger partial charge in [0.25, 0.3) is 0 Å². The molecule has 0 saturated heterocycles. The first kappa shape index (κ1) is 14.6. The van der Waals surface area contributed by atoms with Crippen LogP contribution in [0.25, 0.3) is 0 Å². The van der Waals surface area contributed by atoms with Crippen LogP contribution in [0.3, 0.4) is 0 Å². The second kappa shape index (κ2) is 7.09. The highest BCUT2D eigenvalue weighted by atomic mass is 127. The number of benzene rings is 2. The number of ketones is 1. The molecular formula is C16H14INO2. The predicted octanol–water partition coefficient (Wildman–Crippen LogP) is 4.11. The van der Waals surface area contributed by atoms with Crippen LogP contribution in [-0.4, -0.2) is 12.9 Å². The molecule has 0 spiro atoms. The van der Waals surface area contributed by atoms with Crippen LogP contribution in [0.2, 0.25) is 0 Å². The lowest BCUT2D eigenvalue weighted by Gasteiger charge is -2.03. The van der Waals surface area contributed by atoms with E-state index in [1.54, 1.807) is 37.6 Å². The number of nitrogens with one attached hydrogen (secondary N) is 1. The van der Waals surface area contributed by atoms with E-state index in [1.165, 1.54) is 6.08 Å². The maximum Gasteiger partial charge on any atom is 0.187 e. The zero-order valence-electron chi connectivity index (χ0n) is 11.0. The van der Waals surface area contributed by atoms with E-state index in [-0.39, 0.29) is 5.78 Å². The molecule has 0 atom stereocenters. The van der Waals surface area contributed by atoms with Gasteiger partial charge >= 0.3 is 0 Å². The maximum absolute atomic E-state index is 11.9. The van der Waals surface area contributed by atoms with Crippen molar-refractivity contribution in [3.05, 3.63) is 69.9 Å². The summed E-state index contributed by atoms with van der Waals surface area (Å²) in [4.78, 5) is 11.9. The van der Waals surface area contributed by atoms with Gasteiger partial charge in [0.1, 0.15) is 5.75 Å². The molecule has 0 aliphatic heterocycles. The maximum atomic E-state index is 11.9. The molecule has 1 N–H and O–H groups in total. The molecule has 0 aliphatic rings. The van der Waals surface area contributed by atoms with Gasteiger partial charge in [-0.15, -0.1) is 0 Å². The normalized spacial score (nSPS) is 10.5. The van der Waals surface area contributed by atoms with Crippen LogP contribution in [0.4, 0.5) is 5.69 Å². The highest BCUT2D eigenvalue weighted by Crippen LogP contribution is 2.17. The van der Waals surface area contributed by atoms with Gasteiger partial charge in [0, 0.05) is 21.4 Å². The minimum absolute atomic E-state index is 0.0499. The first-order chi connectivity index (χ1) is 9.70. The lowest BCUT2D eigenvalue weighted by Crippen LogP contribution is -1.97. The fraction of sp³-hybridized carbons (Fsp3) is 0.0625. The number of ether oxygens (including phenoxy) is 1. The SMILES string of the molecule is COc1ccc(C(=O)C=CNc2ccccc2I)cc1. The summed E-state index contributed by atoms with van der Waals surface area (Å²) in [6.07, 6.45) is 3.18. The summed E-state index contributed by atoms with van der Waals surface area (Å²) in [6.45, 7) is 0. The van der Waals surface area contributed by atoms with E-state index in [0.717, 1.165) is 15.0 Å². The number of carbonyl (C=O) groups is 1. The van der Waals surface area contributed by atoms with E-state index >= 15 is 0 Å². The molecule has 20 heavy (non-hydrogen) atoms. The van der Waals surface area contributed by atoms with Crippen LogP contribution in [0.5, 0.6) is 5.75 Å². The van der Waals surface area contributed by atoms with E-state index in [4.69, 9.17) is 4.74 Å². The molecular weight excluding hydrogens is 365 g/mol. The first-order valence-electron chi connectivity index (χ1n) is 6.06. The molecule has 4 heteroatoms. The summed E-state index contributed by atoms with van der Waals surface area (Å²) in [7, 11) is 1.60. The largest absolute Gasteiger partial charge is 0.497 e. The monoisotopic (exact) mass is 379 g/mol. The van der Waals surface area contributed by atoms with Crippen LogP contribution in [0, 0.1) is 3.57 Å². The molecule has 2 aromatic rings. The van der Waals surface area contributed by atoms with Crippen molar-refractivity contribution < 1.29 is 9.53 Å². The van der Waals surface area contributed by atoms with Crippen molar-refractivity contribution >= 4 is 34.1 Å². The smallest absolute Gasteiger partial charge is 0.187 e. The Labute approximate surface area is 131 Å². The summed E-state index contributed by atoms with van der Waals surface area (Å²) in [5.74, 6) is 0.689. The number of halogens is 1. The van der Waals surface area contributed by atoms with Gasteiger partial charge in [-0.05, 0) is 59.0 Å². The Kier molecular flexibility index (Phi) is 5.17. The Morgan fingerprint density at radius 3 is 2.50 bits per heavy atom. The van der Waals surface area contributed by atoms with Gasteiger partial charge in [0.15, 0.2) is 5.78 Å². The van der Waals surface area contributed by atoms with Gasteiger partial charge < -0.3 is 10.1 Å². The van der Waals surface area contributed by atoms with Crippen LogP contribution >= 0.6 is 22.6 Å². The molecule has 0 aromatic heterocycles. The van der Waals surface area contributed by atoms with Crippen molar-refractivity contribution in [2.24, 2.45) is 0 Å². The quantitative estimate of drug-likeness (QED) is 0.483. The number of rotatable bonds is 5. The van der Waals surface area contributed by atoms with Gasteiger partial charge in [0.05, 0.1) is 12.8 Å². The van der Waals surface area contributed by atoms with Crippen molar-refractivity contribution in [3.63, 3.8) is 0 Å². The Balaban J connectivity index is 2.00. The van der Waals surface area contributed by atoms with Crippen molar-refractivity contribution in [1.29, 1.82) is 0 Å². The molecule has 0 fully saturated rings. The second-order valence-corrected chi connectivity index (χ2v) is 5.21.